The third-order valence-corrected chi connectivity index (χ3v) is 7.36. The lowest BCUT2D eigenvalue weighted by atomic mass is 10.2. The SMILES string of the molecule is Nc1nc(SCc2ccc(Cl)cc2)nn1S(=O)(=O)c1ccc2[nH]c(=O)sc2c1. The summed E-state index contributed by atoms with van der Waals surface area (Å²) in [7, 11) is -4.04. The molecule has 0 radical (unpaired) electrons. The number of aromatic nitrogens is 4. The zero-order chi connectivity index (χ0) is 19.9. The van der Waals surface area contributed by atoms with Gasteiger partial charge in [-0.15, -0.1) is 9.19 Å². The molecule has 2 aromatic carbocycles. The van der Waals surface area contributed by atoms with E-state index in [0.717, 1.165) is 16.9 Å². The summed E-state index contributed by atoms with van der Waals surface area (Å²) in [5, 5.41) is 4.91. The van der Waals surface area contributed by atoms with Crippen molar-refractivity contribution >= 4 is 60.9 Å². The average molecular weight is 454 g/mol. The minimum Gasteiger partial charge on any atom is -0.367 e. The molecule has 8 nitrogen and oxygen atoms in total. The molecule has 0 atom stereocenters. The van der Waals surface area contributed by atoms with E-state index in [1.54, 1.807) is 12.1 Å². The smallest absolute Gasteiger partial charge is 0.305 e. The van der Waals surface area contributed by atoms with Crippen molar-refractivity contribution in [2.75, 3.05) is 5.73 Å². The van der Waals surface area contributed by atoms with E-state index < -0.39 is 10.0 Å². The Labute approximate surface area is 172 Å². The number of benzene rings is 2. The third-order valence-electron chi connectivity index (χ3n) is 3.78. The molecule has 0 saturated heterocycles. The van der Waals surface area contributed by atoms with Crippen LogP contribution in [-0.4, -0.2) is 27.6 Å². The topological polar surface area (TPSA) is 124 Å². The summed E-state index contributed by atoms with van der Waals surface area (Å²) in [5.74, 6) is 0.296. The van der Waals surface area contributed by atoms with Gasteiger partial charge in [0.05, 0.1) is 15.1 Å². The molecule has 0 aliphatic heterocycles. The number of hydrogen-bond acceptors (Lipinski definition) is 8. The Kier molecular flexibility index (Phi) is 4.91. The summed E-state index contributed by atoms with van der Waals surface area (Å²) in [4.78, 5) is 17.8. The monoisotopic (exact) mass is 453 g/mol. The van der Waals surface area contributed by atoms with Gasteiger partial charge in [0.1, 0.15) is 0 Å². The van der Waals surface area contributed by atoms with Gasteiger partial charge in [-0.25, -0.2) is 0 Å². The number of fused-ring (bicyclic) bond motifs is 1. The Morgan fingerprint density at radius 2 is 1.96 bits per heavy atom. The molecule has 0 saturated carbocycles. The fraction of sp³-hybridized carbons (Fsp3) is 0.0625. The Hall–Kier alpha value is -2.34. The number of nitrogen functional groups attached to an aromatic ring is 1. The number of thiazole rings is 1. The highest BCUT2D eigenvalue weighted by Crippen LogP contribution is 2.25. The average Bonchev–Trinajstić information content (AvgIpc) is 3.22. The molecule has 4 rings (SSSR count). The first-order chi connectivity index (χ1) is 13.3. The van der Waals surface area contributed by atoms with Crippen molar-refractivity contribution < 1.29 is 8.42 Å². The van der Waals surface area contributed by atoms with Crippen LogP contribution in [0.1, 0.15) is 5.56 Å². The molecular weight excluding hydrogens is 442 g/mol. The van der Waals surface area contributed by atoms with Crippen molar-refractivity contribution in [3.63, 3.8) is 0 Å². The van der Waals surface area contributed by atoms with Gasteiger partial charge in [-0.3, -0.25) is 4.79 Å². The lowest BCUT2D eigenvalue weighted by molar-refractivity contribution is 0.580. The standard InChI is InChI=1S/C16H12ClN5O3S3/c17-10-3-1-9(2-4-10)8-26-15-20-14(18)22(21-15)28(24,25)11-5-6-12-13(7-11)27-16(23)19-12/h1-7H,8H2,(H,19,23)(H2,18,20,21). The summed E-state index contributed by atoms with van der Waals surface area (Å²) >= 11 is 8.05. The molecule has 28 heavy (non-hydrogen) atoms. The second kappa shape index (κ2) is 7.24. The number of thioether (sulfide) groups is 1. The van der Waals surface area contributed by atoms with Crippen molar-refractivity contribution in [3.8, 4) is 0 Å². The zero-order valence-electron chi connectivity index (χ0n) is 14.0. The second-order valence-corrected chi connectivity index (χ2v) is 9.85. The molecule has 0 aliphatic carbocycles. The molecule has 0 amide bonds. The number of halogens is 1. The fourth-order valence-corrected chi connectivity index (χ4v) is 5.44. The molecule has 0 spiro atoms. The third kappa shape index (κ3) is 3.65. The van der Waals surface area contributed by atoms with Gasteiger partial charge in [0.25, 0.3) is 10.0 Å². The minimum atomic E-state index is -4.04. The molecule has 0 aliphatic rings. The first-order valence-corrected chi connectivity index (χ1v) is 11.4. The molecule has 3 N–H and O–H groups in total. The summed E-state index contributed by atoms with van der Waals surface area (Å²) in [6.45, 7) is 0. The van der Waals surface area contributed by atoms with E-state index in [1.807, 2.05) is 12.1 Å². The maximum Gasteiger partial charge on any atom is 0.305 e. The minimum absolute atomic E-state index is 0.0268. The van der Waals surface area contributed by atoms with Crippen molar-refractivity contribution in [3.05, 3.63) is 62.7 Å². The van der Waals surface area contributed by atoms with Gasteiger partial charge >= 0.3 is 4.87 Å². The Morgan fingerprint density at radius 3 is 2.71 bits per heavy atom. The lowest BCUT2D eigenvalue weighted by Crippen LogP contribution is -2.17. The molecule has 2 aromatic heterocycles. The second-order valence-electron chi connectivity index (χ2n) is 5.69. The molecule has 0 fully saturated rings. The molecule has 0 unspecified atom stereocenters. The predicted molar refractivity (Wildman–Crippen MR) is 110 cm³/mol. The van der Waals surface area contributed by atoms with Crippen LogP contribution in [0.4, 0.5) is 5.95 Å². The maximum atomic E-state index is 12.9. The van der Waals surface area contributed by atoms with Gasteiger partial charge in [-0.1, -0.05) is 46.8 Å². The highest BCUT2D eigenvalue weighted by Gasteiger charge is 2.23. The molecule has 144 valence electrons. The van der Waals surface area contributed by atoms with E-state index in [9.17, 15) is 13.2 Å². The number of anilines is 1. The van der Waals surface area contributed by atoms with Gasteiger partial charge in [-0.2, -0.15) is 13.4 Å². The fourth-order valence-electron chi connectivity index (χ4n) is 2.44. The summed E-state index contributed by atoms with van der Waals surface area (Å²) in [6, 6.07) is 11.6. The quantitative estimate of drug-likeness (QED) is 0.445. The van der Waals surface area contributed by atoms with Gasteiger partial charge in [0.2, 0.25) is 11.1 Å². The van der Waals surface area contributed by atoms with E-state index in [1.165, 1.54) is 30.0 Å². The zero-order valence-corrected chi connectivity index (χ0v) is 17.2. The first kappa shape index (κ1) is 19.0. The number of nitrogens with two attached hydrogens (primary N) is 1. The van der Waals surface area contributed by atoms with Crippen LogP contribution in [0.5, 0.6) is 0 Å². The van der Waals surface area contributed by atoms with Crippen LogP contribution in [0.2, 0.25) is 5.02 Å². The van der Waals surface area contributed by atoms with E-state index in [2.05, 4.69) is 15.1 Å². The number of nitrogens with one attached hydrogen (secondary N) is 1. The van der Waals surface area contributed by atoms with Crippen LogP contribution < -0.4 is 10.6 Å². The molecule has 0 bridgehead atoms. The maximum absolute atomic E-state index is 12.9. The van der Waals surface area contributed by atoms with Gasteiger partial charge in [0.15, 0.2) is 0 Å². The highest BCUT2D eigenvalue weighted by atomic mass is 35.5. The van der Waals surface area contributed by atoms with Crippen LogP contribution in [0.25, 0.3) is 10.2 Å². The molecule has 4 aromatic rings. The van der Waals surface area contributed by atoms with Crippen molar-refractivity contribution in [2.24, 2.45) is 0 Å². The highest BCUT2D eigenvalue weighted by molar-refractivity contribution is 7.98. The van der Waals surface area contributed by atoms with Gasteiger partial charge in [0, 0.05) is 10.8 Å². The Morgan fingerprint density at radius 1 is 1.21 bits per heavy atom. The van der Waals surface area contributed by atoms with Crippen LogP contribution in [0.15, 0.2) is 57.3 Å². The van der Waals surface area contributed by atoms with Crippen molar-refractivity contribution in [2.45, 2.75) is 15.8 Å². The number of hydrogen-bond donors (Lipinski definition) is 2. The van der Waals surface area contributed by atoms with E-state index in [4.69, 9.17) is 17.3 Å². The Balaban J connectivity index is 1.62. The predicted octanol–water partition coefficient (Wildman–Crippen LogP) is 2.95. The lowest BCUT2D eigenvalue weighted by Gasteiger charge is -2.04. The largest absolute Gasteiger partial charge is 0.367 e. The normalized spacial score (nSPS) is 11.9. The summed E-state index contributed by atoms with van der Waals surface area (Å²) in [6.07, 6.45) is 0. The summed E-state index contributed by atoms with van der Waals surface area (Å²) in [5.41, 5.74) is 7.35. The van der Waals surface area contributed by atoms with Crippen LogP contribution in [0.3, 0.4) is 0 Å². The molecular formula is C16H12ClN5O3S3. The number of nitrogens with zero attached hydrogens (tertiary/aromatic N) is 3. The first-order valence-electron chi connectivity index (χ1n) is 7.81. The Bertz CT molecular complexity index is 1330. The number of rotatable bonds is 5. The molecule has 12 heteroatoms. The van der Waals surface area contributed by atoms with Crippen LogP contribution in [0, 0.1) is 0 Å². The van der Waals surface area contributed by atoms with Crippen LogP contribution >= 0.6 is 34.7 Å². The van der Waals surface area contributed by atoms with E-state index in [-0.39, 0.29) is 20.9 Å². The van der Waals surface area contributed by atoms with E-state index >= 15 is 0 Å². The van der Waals surface area contributed by atoms with Crippen molar-refractivity contribution in [1.82, 2.24) is 19.2 Å². The van der Waals surface area contributed by atoms with Crippen LogP contribution in [-0.2, 0) is 15.8 Å². The van der Waals surface area contributed by atoms with Gasteiger partial charge < -0.3 is 10.7 Å². The van der Waals surface area contributed by atoms with E-state index in [0.29, 0.717) is 25.1 Å². The van der Waals surface area contributed by atoms with Crippen molar-refractivity contribution in [1.29, 1.82) is 0 Å². The van der Waals surface area contributed by atoms with Gasteiger partial charge in [-0.05, 0) is 35.9 Å². The number of aromatic amines is 1. The molecule has 2 heterocycles. The summed E-state index contributed by atoms with van der Waals surface area (Å²) < 4.78 is 27.0. The number of H-pyrrole nitrogens is 1.